The number of hydrogen-bond acceptors (Lipinski definition) is 4. The van der Waals surface area contributed by atoms with Crippen molar-refractivity contribution in [3.05, 3.63) is 36.0 Å². The van der Waals surface area contributed by atoms with E-state index in [2.05, 4.69) is 15.1 Å². The molecule has 2 fully saturated rings. The molecule has 1 saturated heterocycles. The van der Waals surface area contributed by atoms with E-state index in [1.165, 1.54) is 44.7 Å². The van der Waals surface area contributed by atoms with Gasteiger partial charge in [-0.2, -0.15) is 0 Å². The van der Waals surface area contributed by atoms with E-state index in [1.807, 2.05) is 0 Å². The first-order valence-corrected chi connectivity index (χ1v) is 9.10. The quantitative estimate of drug-likeness (QED) is 0.841. The molecule has 0 bridgehead atoms. The summed E-state index contributed by atoms with van der Waals surface area (Å²) >= 11 is 0. The van der Waals surface area contributed by atoms with Crippen LogP contribution in [0, 0.1) is 11.7 Å². The van der Waals surface area contributed by atoms with Crippen molar-refractivity contribution >= 4 is 0 Å². The minimum Gasteiger partial charge on any atom is -0.420 e. The monoisotopic (exact) mass is 329 g/mol. The second-order valence-corrected chi connectivity index (χ2v) is 7.17. The lowest BCUT2D eigenvalue weighted by Gasteiger charge is -2.26. The molecule has 2 heterocycles. The zero-order valence-corrected chi connectivity index (χ0v) is 14.0. The standard InChI is InChI=1S/C19H24FN3O/c20-17-9-5-4-8-16(17)19-22-21-18(24-19)15-10-11-23(13-15)12-14-6-2-1-3-7-14/h4-5,8-9,14-15H,1-3,6-7,10-13H2/t15-/m0/s1. The summed E-state index contributed by atoms with van der Waals surface area (Å²) in [6.07, 6.45) is 7.97. The van der Waals surface area contributed by atoms with Gasteiger partial charge in [0.2, 0.25) is 5.89 Å². The highest BCUT2D eigenvalue weighted by molar-refractivity contribution is 5.53. The van der Waals surface area contributed by atoms with Crippen molar-refractivity contribution in [1.29, 1.82) is 0 Å². The second-order valence-electron chi connectivity index (χ2n) is 7.17. The van der Waals surface area contributed by atoms with Gasteiger partial charge in [0, 0.05) is 13.1 Å². The third kappa shape index (κ3) is 3.36. The van der Waals surface area contributed by atoms with Gasteiger partial charge in [-0.05, 0) is 43.9 Å². The van der Waals surface area contributed by atoms with Gasteiger partial charge in [-0.15, -0.1) is 10.2 Å². The molecule has 4 nitrogen and oxygen atoms in total. The van der Waals surface area contributed by atoms with Crippen LogP contribution >= 0.6 is 0 Å². The number of rotatable bonds is 4. The van der Waals surface area contributed by atoms with E-state index >= 15 is 0 Å². The summed E-state index contributed by atoms with van der Waals surface area (Å²) in [6, 6.07) is 6.54. The molecule has 128 valence electrons. The molecule has 0 unspecified atom stereocenters. The van der Waals surface area contributed by atoms with Crippen LogP contribution in [0.3, 0.4) is 0 Å². The number of nitrogens with zero attached hydrogens (tertiary/aromatic N) is 3. The lowest BCUT2D eigenvalue weighted by atomic mass is 9.89. The minimum absolute atomic E-state index is 0.279. The van der Waals surface area contributed by atoms with E-state index in [1.54, 1.807) is 18.2 Å². The van der Waals surface area contributed by atoms with Gasteiger partial charge < -0.3 is 9.32 Å². The summed E-state index contributed by atoms with van der Waals surface area (Å²) in [4.78, 5) is 2.54. The summed E-state index contributed by atoms with van der Waals surface area (Å²) < 4.78 is 19.6. The Hall–Kier alpha value is -1.75. The van der Waals surface area contributed by atoms with Crippen molar-refractivity contribution in [1.82, 2.24) is 15.1 Å². The molecule has 2 aliphatic rings. The molecule has 24 heavy (non-hydrogen) atoms. The first-order chi connectivity index (χ1) is 11.8. The lowest BCUT2D eigenvalue weighted by Crippen LogP contribution is -2.28. The van der Waals surface area contributed by atoms with Crippen LogP contribution in [-0.2, 0) is 0 Å². The van der Waals surface area contributed by atoms with Crippen LogP contribution in [0.2, 0.25) is 0 Å². The number of likely N-dealkylation sites (tertiary alicyclic amines) is 1. The second kappa shape index (κ2) is 7.01. The van der Waals surface area contributed by atoms with E-state index in [0.717, 1.165) is 25.4 Å². The highest BCUT2D eigenvalue weighted by Gasteiger charge is 2.30. The predicted octanol–water partition coefficient (Wildman–Crippen LogP) is 4.25. The molecule has 1 atom stereocenters. The average molecular weight is 329 g/mol. The summed E-state index contributed by atoms with van der Waals surface area (Å²) in [6.45, 7) is 3.28. The normalized spacial score (nSPS) is 23.0. The van der Waals surface area contributed by atoms with E-state index in [4.69, 9.17) is 4.42 Å². The molecule has 0 radical (unpaired) electrons. The Bertz CT molecular complexity index is 681. The molecule has 2 aromatic rings. The highest BCUT2D eigenvalue weighted by atomic mass is 19.1. The molecule has 5 heteroatoms. The molecule has 1 aliphatic carbocycles. The Balaban J connectivity index is 1.40. The fourth-order valence-corrected chi connectivity index (χ4v) is 4.08. The Kier molecular flexibility index (Phi) is 4.60. The van der Waals surface area contributed by atoms with Crippen molar-refractivity contribution in [2.24, 2.45) is 5.92 Å². The van der Waals surface area contributed by atoms with Crippen molar-refractivity contribution < 1.29 is 8.81 Å². The maximum atomic E-state index is 13.8. The van der Waals surface area contributed by atoms with E-state index in [0.29, 0.717) is 11.5 Å². The average Bonchev–Trinajstić information content (AvgIpc) is 3.25. The minimum atomic E-state index is -0.321. The summed E-state index contributed by atoms with van der Waals surface area (Å²) in [5, 5.41) is 8.24. The van der Waals surface area contributed by atoms with E-state index in [9.17, 15) is 4.39 Å². The third-order valence-electron chi connectivity index (χ3n) is 5.41. The van der Waals surface area contributed by atoms with Crippen LogP contribution < -0.4 is 0 Å². The molecule has 1 aliphatic heterocycles. The van der Waals surface area contributed by atoms with Gasteiger partial charge in [-0.3, -0.25) is 0 Å². The molecule has 1 aromatic carbocycles. The van der Waals surface area contributed by atoms with Gasteiger partial charge in [0.25, 0.3) is 5.89 Å². The Labute approximate surface area is 142 Å². The molecular formula is C19H24FN3O. The van der Waals surface area contributed by atoms with Crippen LogP contribution in [0.5, 0.6) is 0 Å². The highest BCUT2D eigenvalue weighted by Crippen LogP contribution is 2.31. The maximum Gasteiger partial charge on any atom is 0.250 e. The van der Waals surface area contributed by atoms with Gasteiger partial charge in [0.15, 0.2) is 0 Å². The smallest absolute Gasteiger partial charge is 0.250 e. The van der Waals surface area contributed by atoms with Crippen molar-refractivity contribution in [2.75, 3.05) is 19.6 Å². The molecular weight excluding hydrogens is 305 g/mol. The summed E-state index contributed by atoms with van der Waals surface area (Å²) in [5.41, 5.74) is 0.383. The molecule has 1 saturated carbocycles. The molecule has 1 aromatic heterocycles. The first-order valence-electron chi connectivity index (χ1n) is 9.10. The van der Waals surface area contributed by atoms with Crippen LogP contribution in [-0.4, -0.2) is 34.7 Å². The fourth-order valence-electron chi connectivity index (χ4n) is 4.08. The van der Waals surface area contributed by atoms with Crippen LogP contribution in [0.1, 0.15) is 50.3 Å². The van der Waals surface area contributed by atoms with Crippen molar-refractivity contribution in [2.45, 2.75) is 44.4 Å². The molecule has 0 N–H and O–H groups in total. The fraction of sp³-hybridized carbons (Fsp3) is 0.579. The van der Waals surface area contributed by atoms with Crippen LogP contribution in [0.4, 0.5) is 4.39 Å². The van der Waals surface area contributed by atoms with Gasteiger partial charge in [0.1, 0.15) is 5.82 Å². The molecule has 0 amide bonds. The topological polar surface area (TPSA) is 42.2 Å². The Morgan fingerprint density at radius 1 is 1.08 bits per heavy atom. The maximum absolute atomic E-state index is 13.8. The Morgan fingerprint density at radius 2 is 1.92 bits per heavy atom. The Morgan fingerprint density at radius 3 is 2.75 bits per heavy atom. The van der Waals surface area contributed by atoms with Crippen molar-refractivity contribution in [3.63, 3.8) is 0 Å². The zero-order valence-electron chi connectivity index (χ0n) is 14.0. The SMILES string of the molecule is Fc1ccccc1-c1nnc([C@H]2CCN(CC3CCCCC3)C2)o1. The molecule has 0 spiro atoms. The van der Waals surface area contributed by atoms with Gasteiger partial charge in [-0.1, -0.05) is 31.4 Å². The summed E-state index contributed by atoms with van der Waals surface area (Å²) in [5.74, 6) is 1.75. The third-order valence-corrected chi connectivity index (χ3v) is 5.41. The number of halogens is 1. The van der Waals surface area contributed by atoms with Gasteiger partial charge in [-0.25, -0.2) is 4.39 Å². The summed E-state index contributed by atoms with van der Waals surface area (Å²) in [7, 11) is 0. The molecule has 4 rings (SSSR count). The van der Waals surface area contributed by atoms with Crippen molar-refractivity contribution in [3.8, 4) is 11.5 Å². The number of aromatic nitrogens is 2. The lowest BCUT2D eigenvalue weighted by molar-refractivity contribution is 0.230. The van der Waals surface area contributed by atoms with Gasteiger partial charge >= 0.3 is 0 Å². The first kappa shape index (κ1) is 15.8. The van der Waals surface area contributed by atoms with Gasteiger partial charge in [0.05, 0.1) is 11.5 Å². The number of benzene rings is 1. The predicted molar refractivity (Wildman–Crippen MR) is 90.1 cm³/mol. The number of hydrogen-bond donors (Lipinski definition) is 0. The van der Waals surface area contributed by atoms with E-state index in [-0.39, 0.29) is 17.6 Å². The van der Waals surface area contributed by atoms with E-state index < -0.39 is 0 Å². The largest absolute Gasteiger partial charge is 0.420 e. The van der Waals surface area contributed by atoms with Crippen LogP contribution in [0.15, 0.2) is 28.7 Å². The van der Waals surface area contributed by atoms with Crippen LogP contribution in [0.25, 0.3) is 11.5 Å². The zero-order chi connectivity index (χ0) is 16.4.